The molecule has 19 heavy (non-hydrogen) atoms. The number of benzene rings is 2. The van der Waals surface area contributed by atoms with Crippen LogP contribution in [0.2, 0.25) is 0 Å². The van der Waals surface area contributed by atoms with Gasteiger partial charge in [-0.15, -0.1) is 0 Å². The summed E-state index contributed by atoms with van der Waals surface area (Å²) in [7, 11) is 0. The lowest BCUT2D eigenvalue weighted by molar-refractivity contribution is 0.302. The molecule has 0 heterocycles. The van der Waals surface area contributed by atoms with E-state index in [0.717, 1.165) is 26.9 Å². The molecule has 0 bridgehead atoms. The van der Waals surface area contributed by atoms with Crippen LogP contribution in [-0.4, -0.2) is 11.9 Å². The lowest BCUT2D eigenvalue weighted by atomic mass is 10.2. The number of halogens is 2. The van der Waals surface area contributed by atoms with Crippen molar-refractivity contribution in [2.45, 2.75) is 6.61 Å². The Morgan fingerprint density at radius 3 is 2.42 bits per heavy atom. The highest BCUT2D eigenvalue weighted by molar-refractivity contribution is 9.10. The monoisotopic (exact) mass is 384 g/mol. The van der Waals surface area contributed by atoms with Crippen LogP contribution in [0.4, 0.5) is 0 Å². The summed E-state index contributed by atoms with van der Waals surface area (Å²) in [6.45, 7) is 1.21. The molecule has 0 N–H and O–H groups in total. The van der Waals surface area contributed by atoms with Gasteiger partial charge in [0, 0.05) is 5.33 Å². The lowest BCUT2D eigenvalue weighted by Gasteiger charge is -2.10. The van der Waals surface area contributed by atoms with Crippen molar-refractivity contribution in [1.82, 2.24) is 0 Å². The predicted molar refractivity (Wildman–Crippen MR) is 84.2 cm³/mol. The summed E-state index contributed by atoms with van der Waals surface area (Å²) >= 11 is 6.83. The van der Waals surface area contributed by atoms with Crippen LogP contribution in [0.15, 0.2) is 53.0 Å². The molecule has 0 unspecified atom stereocenters. The second kappa shape index (κ2) is 7.56. The SMILES string of the molecule is BrCCOc1ccc(OCc2ccccc2)c(Br)c1. The average molecular weight is 386 g/mol. The minimum atomic E-state index is 0.557. The number of ether oxygens (including phenoxy) is 2. The van der Waals surface area contributed by atoms with Crippen molar-refractivity contribution in [3.63, 3.8) is 0 Å². The van der Waals surface area contributed by atoms with E-state index in [1.54, 1.807) is 0 Å². The van der Waals surface area contributed by atoms with Crippen LogP contribution in [0.1, 0.15) is 5.56 Å². The van der Waals surface area contributed by atoms with Gasteiger partial charge in [-0.3, -0.25) is 0 Å². The van der Waals surface area contributed by atoms with Gasteiger partial charge < -0.3 is 9.47 Å². The molecule has 2 aromatic carbocycles. The molecule has 0 radical (unpaired) electrons. The fourth-order valence-electron chi connectivity index (χ4n) is 1.58. The van der Waals surface area contributed by atoms with Crippen molar-refractivity contribution < 1.29 is 9.47 Å². The normalized spacial score (nSPS) is 10.2. The maximum atomic E-state index is 5.77. The van der Waals surface area contributed by atoms with Gasteiger partial charge in [-0.1, -0.05) is 46.3 Å². The van der Waals surface area contributed by atoms with Crippen LogP contribution < -0.4 is 9.47 Å². The van der Waals surface area contributed by atoms with Gasteiger partial charge in [0.05, 0.1) is 11.1 Å². The van der Waals surface area contributed by atoms with Gasteiger partial charge in [0.2, 0.25) is 0 Å². The maximum absolute atomic E-state index is 5.77. The first-order valence-electron chi connectivity index (χ1n) is 5.94. The Hall–Kier alpha value is -1.00. The summed E-state index contributed by atoms with van der Waals surface area (Å²) in [5, 5.41) is 0.816. The van der Waals surface area contributed by atoms with E-state index in [4.69, 9.17) is 9.47 Å². The molecule has 2 rings (SSSR count). The van der Waals surface area contributed by atoms with Crippen LogP contribution in [0.3, 0.4) is 0 Å². The Labute approximate surface area is 130 Å². The van der Waals surface area contributed by atoms with Crippen molar-refractivity contribution in [2.24, 2.45) is 0 Å². The average Bonchev–Trinajstić information content (AvgIpc) is 2.45. The summed E-state index contributed by atoms with van der Waals surface area (Å²) in [6.07, 6.45) is 0. The van der Waals surface area contributed by atoms with E-state index < -0.39 is 0 Å². The highest BCUT2D eigenvalue weighted by Crippen LogP contribution is 2.29. The maximum Gasteiger partial charge on any atom is 0.134 e. The van der Waals surface area contributed by atoms with E-state index in [1.165, 1.54) is 0 Å². The zero-order valence-corrected chi connectivity index (χ0v) is 13.5. The molecule has 4 heteroatoms. The summed E-state index contributed by atoms with van der Waals surface area (Å²) in [6, 6.07) is 15.8. The van der Waals surface area contributed by atoms with Gasteiger partial charge in [0.25, 0.3) is 0 Å². The Kier molecular flexibility index (Phi) is 5.73. The quantitative estimate of drug-likeness (QED) is 0.664. The lowest BCUT2D eigenvalue weighted by Crippen LogP contribution is -1.99. The van der Waals surface area contributed by atoms with E-state index >= 15 is 0 Å². The second-order valence-corrected chi connectivity index (χ2v) is 5.55. The van der Waals surface area contributed by atoms with Crippen molar-refractivity contribution in [3.05, 3.63) is 58.6 Å². The molecular formula is C15H14Br2O2. The Balaban J connectivity index is 1.97. The van der Waals surface area contributed by atoms with Gasteiger partial charge in [-0.25, -0.2) is 0 Å². The van der Waals surface area contributed by atoms with Crippen LogP contribution in [0.25, 0.3) is 0 Å². The van der Waals surface area contributed by atoms with Crippen molar-refractivity contribution in [3.8, 4) is 11.5 Å². The molecule has 0 atom stereocenters. The summed E-state index contributed by atoms with van der Waals surface area (Å²) in [4.78, 5) is 0. The van der Waals surface area contributed by atoms with E-state index in [1.807, 2.05) is 48.5 Å². The van der Waals surface area contributed by atoms with Gasteiger partial charge in [-0.2, -0.15) is 0 Å². The molecule has 100 valence electrons. The zero-order valence-electron chi connectivity index (χ0n) is 10.3. The largest absolute Gasteiger partial charge is 0.493 e. The molecule has 0 fully saturated rings. The standard InChI is InChI=1S/C15H14Br2O2/c16-8-9-18-13-6-7-15(14(17)10-13)19-11-12-4-2-1-3-5-12/h1-7,10H,8-9,11H2. The third-order valence-corrected chi connectivity index (χ3v) is 3.43. The van der Waals surface area contributed by atoms with Crippen LogP contribution in [0.5, 0.6) is 11.5 Å². The minimum Gasteiger partial charge on any atom is -0.493 e. The molecule has 0 spiro atoms. The van der Waals surface area contributed by atoms with Crippen LogP contribution in [0, 0.1) is 0 Å². The van der Waals surface area contributed by atoms with Crippen molar-refractivity contribution in [2.75, 3.05) is 11.9 Å². The first-order chi connectivity index (χ1) is 9.29. The molecule has 0 aliphatic rings. The molecule has 0 amide bonds. The molecule has 2 nitrogen and oxygen atoms in total. The fourth-order valence-corrected chi connectivity index (χ4v) is 2.21. The number of hydrogen-bond donors (Lipinski definition) is 0. The highest BCUT2D eigenvalue weighted by Gasteiger charge is 2.04. The summed E-state index contributed by atoms with van der Waals surface area (Å²) in [5.74, 6) is 1.65. The smallest absolute Gasteiger partial charge is 0.134 e. The van der Waals surface area contributed by atoms with Crippen molar-refractivity contribution in [1.29, 1.82) is 0 Å². The number of hydrogen-bond acceptors (Lipinski definition) is 2. The molecule has 2 aromatic rings. The van der Waals surface area contributed by atoms with E-state index in [-0.39, 0.29) is 0 Å². The molecule has 0 aromatic heterocycles. The number of alkyl halides is 1. The molecule has 0 aliphatic heterocycles. The Morgan fingerprint density at radius 2 is 1.74 bits per heavy atom. The van der Waals surface area contributed by atoms with Crippen molar-refractivity contribution >= 4 is 31.9 Å². The van der Waals surface area contributed by atoms with Gasteiger partial charge in [0.1, 0.15) is 18.1 Å². The van der Waals surface area contributed by atoms with Gasteiger partial charge in [-0.05, 0) is 39.7 Å². The predicted octanol–water partition coefficient (Wildman–Crippen LogP) is 4.80. The summed E-state index contributed by atoms with van der Waals surface area (Å²) < 4.78 is 12.2. The Bertz CT molecular complexity index is 515. The van der Waals surface area contributed by atoms with E-state index in [0.29, 0.717) is 13.2 Å². The Morgan fingerprint density at radius 1 is 0.947 bits per heavy atom. The fraction of sp³-hybridized carbons (Fsp3) is 0.200. The number of rotatable bonds is 6. The molecule has 0 saturated heterocycles. The first kappa shape index (κ1) is 14.4. The molecular weight excluding hydrogens is 372 g/mol. The third-order valence-electron chi connectivity index (χ3n) is 2.49. The minimum absolute atomic E-state index is 0.557. The van der Waals surface area contributed by atoms with Crippen LogP contribution in [-0.2, 0) is 6.61 Å². The van der Waals surface area contributed by atoms with Crippen LogP contribution >= 0.6 is 31.9 Å². The highest BCUT2D eigenvalue weighted by atomic mass is 79.9. The molecule has 0 aliphatic carbocycles. The third kappa shape index (κ3) is 4.55. The second-order valence-electron chi connectivity index (χ2n) is 3.90. The zero-order chi connectivity index (χ0) is 13.5. The van der Waals surface area contributed by atoms with E-state index in [2.05, 4.69) is 31.9 Å². The van der Waals surface area contributed by atoms with Gasteiger partial charge >= 0.3 is 0 Å². The topological polar surface area (TPSA) is 18.5 Å². The van der Waals surface area contributed by atoms with Gasteiger partial charge in [0.15, 0.2) is 0 Å². The summed E-state index contributed by atoms with van der Waals surface area (Å²) in [5.41, 5.74) is 1.15. The first-order valence-corrected chi connectivity index (χ1v) is 7.86. The van der Waals surface area contributed by atoms with E-state index in [9.17, 15) is 0 Å². The molecule has 0 saturated carbocycles.